The molecule has 0 aliphatic heterocycles. The average Bonchev–Trinajstić information content (AvgIpc) is 3.18. The molecule has 0 N–H and O–H groups in total. The van der Waals surface area contributed by atoms with Crippen molar-refractivity contribution in [2.24, 2.45) is 0 Å². The Kier molecular flexibility index (Phi) is 3.38. The maximum absolute atomic E-state index is 12.6. The molecule has 1 saturated carbocycles. The number of nitrogens with zero attached hydrogens (tertiary/aromatic N) is 1. The van der Waals surface area contributed by atoms with E-state index in [4.69, 9.17) is 0 Å². The van der Waals surface area contributed by atoms with Crippen molar-refractivity contribution in [3.8, 4) is 0 Å². The van der Waals surface area contributed by atoms with Gasteiger partial charge in [0, 0.05) is 12.6 Å². The van der Waals surface area contributed by atoms with Gasteiger partial charge in [-0.25, -0.2) is 0 Å². The highest BCUT2D eigenvalue weighted by Gasteiger charge is 2.33. The Hall–Kier alpha value is -1.61. The van der Waals surface area contributed by atoms with Gasteiger partial charge in [-0.15, -0.1) is 11.3 Å². The summed E-state index contributed by atoms with van der Waals surface area (Å²) >= 11 is 1.55. The highest BCUT2D eigenvalue weighted by Crippen LogP contribution is 2.31. The van der Waals surface area contributed by atoms with Crippen molar-refractivity contribution in [1.82, 2.24) is 4.90 Å². The molecule has 0 bridgehead atoms. The van der Waals surface area contributed by atoms with E-state index in [9.17, 15) is 4.79 Å². The first-order valence-electron chi connectivity index (χ1n) is 6.64. The fourth-order valence-electron chi connectivity index (χ4n) is 2.26. The molecular weight excluding hydrogens is 254 g/mol. The van der Waals surface area contributed by atoms with E-state index in [1.54, 1.807) is 11.3 Å². The molecule has 0 spiro atoms. The summed E-state index contributed by atoms with van der Waals surface area (Å²) in [5.41, 5.74) is 2.30. The summed E-state index contributed by atoms with van der Waals surface area (Å²) in [6, 6.07) is 12.7. The van der Waals surface area contributed by atoms with Crippen LogP contribution in [-0.2, 0) is 6.54 Å². The molecule has 1 aliphatic carbocycles. The largest absolute Gasteiger partial charge is 0.331 e. The predicted octanol–water partition coefficient (Wildman–Crippen LogP) is 3.86. The zero-order chi connectivity index (χ0) is 13.2. The number of amides is 1. The molecule has 0 atom stereocenters. The number of carbonyl (C=O) groups is 1. The minimum absolute atomic E-state index is 0.193. The molecule has 98 valence electrons. The van der Waals surface area contributed by atoms with Gasteiger partial charge >= 0.3 is 0 Å². The van der Waals surface area contributed by atoms with E-state index >= 15 is 0 Å². The topological polar surface area (TPSA) is 20.3 Å². The van der Waals surface area contributed by atoms with Gasteiger partial charge in [-0.1, -0.05) is 30.3 Å². The molecule has 1 aliphatic rings. The van der Waals surface area contributed by atoms with Crippen LogP contribution in [0.1, 0.15) is 33.6 Å². The summed E-state index contributed by atoms with van der Waals surface area (Å²) < 4.78 is 0. The van der Waals surface area contributed by atoms with E-state index in [1.807, 2.05) is 41.5 Å². The standard InChI is InChI=1S/C16H17NOS/c1-12-9-10-19-15(12)16(18)17(14-7-8-14)11-13-5-3-2-4-6-13/h2-6,9-10,14H,7-8,11H2,1H3. The Morgan fingerprint density at radius 3 is 2.58 bits per heavy atom. The zero-order valence-corrected chi connectivity index (χ0v) is 11.8. The molecule has 0 radical (unpaired) electrons. The number of hydrogen-bond acceptors (Lipinski definition) is 2. The Morgan fingerprint density at radius 2 is 2.00 bits per heavy atom. The number of rotatable bonds is 4. The number of aryl methyl sites for hydroxylation is 1. The highest BCUT2D eigenvalue weighted by molar-refractivity contribution is 7.12. The Balaban J connectivity index is 1.82. The average molecular weight is 271 g/mol. The van der Waals surface area contributed by atoms with Crippen LogP contribution >= 0.6 is 11.3 Å². The second-order valence-electron chi connectivity index (χ2n) is 5.08. The third-order valence-electron chi connectivity index (χ3n) is 3.50. The first kappa shape index (κ1) is 12.4. The third-order valence-corrected chi connectivity index (χ3v) is 4.51. The summed E-state index contributed by atoms with van der Waals surface area (Å²) in [7, 11) is 0. The van der Waals surface area contributed by atoms with Gasteiger partial charge in [-0.2, -0.15) is 0 Å². The van der Waals surface area contributed by atoms with E-state index in [0.29, 0.717) is 6.04 Å². The molecule has 1 heterocycles. The van der Waals surface area contributed by atoms with Gasteiger partial charge in [0.15, 0.2) is 0 Å². The fraction of sp³-hybridized carbons (Fsp3) is 0.312. The van der Waals surface area contributed by atoms with Crippen LogP contribution in [0.2, 0.25) is 0 Å². The van der Waals surface area contributed by atoms with Crippen LogP contribution in [0, 0.1) is 6.92 Å². The summed E-state index contributed by atoms with van der Waals surface area (Å²) in [4.78, 5) is 15.6. The quantitative estimate of drug-likeness (QED) is 0.827. The summed E-state index contributed by atoms with van der Waals surface area (Å²) in [5, 5.41) is 2.00. The second kappa shape index (κ2) is 5.17. The molecule has 1 aromatic heterocycles. The number of benzene rings is 1. The second-order valence-corrected chi connectivity index (χ2v) is 6.00. The van der Waals surface area contributed by atoms with Gasteiger partial charge in [0.2, 0.25) is 0 Å². The van der Waals surface area contributed by atoms with Crippen LogP contribution in [0.4, 0.5) is 0 Å². The maximum atomic E-state index is 12.6. The first-order valence-corrected chi connectivity index (χ1v) is 7.52. The lowest BCUT2D eigenvalue weighted by Crippen LogP contribution is -2.32. The zero-order valence-electron chi connectivity index (χ0n) is 11.0. The van der Waals surface area contributed by atoms with Gasteiger partial charge < -0.3 is 4.90 Å². The predicted molar refractivity (Wildman–Crippen MR) is 78.4 cm³/mol. The van der Waals surface area contributed by atoms with Gasteiger partial charge in [-0.3, -0.25) is 4.79 Å². The van der Waals surface area contributed by atoms with Gasteiger partial charge in [0.25, 0.3) is 5.91 Å². The number of thiophene rings is 1. The third kappa shape index (κ3) is 2.71. The van der Waals surface area contributed by atoms with Crippen LogP contribution in [-0.4, -0.2) is 16.8 Å². The minimum atomic E-state index is 0.193. The van der Waals surface area contributed by atoms with Crippen molar-refractivity contribution in [2.45, 2.75) is 32.4 Å². The van der Waals surface area contributed by atoms with E-state index in [-0.39, 0.29) is 5.91 Å². The van der Waals surface area contributed by atoms with Gasteiger partial charge in [0.1, 0.15) is 0 Å². The molecular formula is C16H17NOS. The molecule has 3 heteroatoms. The fourth-order valence-corrected chi connectivity index (χ4v) is 3.14. The van der Waals surface area contributed by atoms with E-state index in [0.717, 1.165) is 29.8 Å². The van der Waals surface area contributed by atoms with E-state index < -0.39 is 0 Å². The van der Waals surface area contributed by atoms with Crippen LogP contribution in [0.25, 0.3) is 0 Å². The maximum Gasteiger partial charge on any atom is 0.264 e. The first-order chi connectivity index (χ1) is 9.25. The van der Waals surface area contributed by atoms with Crippen molar-refractivity contribution < 1.29 is 4.79 Å². The van der Waals surface area contributed by atoms with Crippen LogP contribution in [0.15, 0.2) is 41.8 Å². The van der Waals surface area contributed by atoms with E-state index in [1.165, 1.54) is 5.56 Å². The summed E-state index contributed by atoms with van der Waals surface area (Å²) in [6.45, 7) is 2.74. The SMILES string of the molecule is Cc1ccsc1C(=O)N(Cc1ccccc1)C1CC1. The van der Waals surface area contributed by atoms with Crippen molar-refractivity contribution in [1.29, 1.82) is 0 Å². The number of carbonyl (C=O) groups excluding carboxylic acids is 1. The molecule has 2 aromatic rings. The van der Waals surface area contributed by atoms with Crippen molar-refractivity contribution >= 4 is 17.2 Å². The lowest BCUT2D eigenvalue weighted by Gasteiger charge is -2.22. The molecule has 0 saturated heterocycles. The Labute approximate surface area is 117 Å². The van der Waals surface area contributed by atoms with Gasteiger partial charge in [-0.05, 0) is 42.3 Å². The minimum Gasteiger partial charge on any atom is -0.331 e. The normalized spacial score (nSPS) is 14.4. The molecule has 2 nitrogen and oxygen atoms in total. The van der Waals surface area contributed by atoms with Crippen LogP contribution in [0.3, 0.4) is 0 Å². The van der Waals surface area contributed by atoms with Crippen molar-refractivity contribution in [3.05, 3.63) is 57.8 Å². The molecule has 3 rings (SSSR count). The molecule has 0 unspecified atom stereocenters. The molecule has 1 fully saturated rings. The smallest absolute Gasteiger partial charge is 0.264 e. The van der Waals surface area contributed by atoms with Crippen molar-refractivity contribution in [3.63, 3.8) is 0 Å². The van der Waals surface area contributed by atoms with Crippen molar-refractivity contribution in [2.75, 3.05) is 0 Å². The molecule has 1 aromatic carbocycles. The van der Waals surface area contributed by atoms with Crippen LogP contribution < -0.4 is 0 Å². The summed E-state index contributed by atoms with van der Waals surface area (Å²) in [5.74, 6) is 0.193. The molecule has 19 heavy (non-hydrogen) atoms. The monoisotopic (exact) mass is 271 g/mol. The Morgan fingerprint density at radius 1 is 1.26 bits per heavy atom. The van der Waals surface area contributed by atoms with Crippen LogP contribution in [0.5, 0.6) is 0 Å². The number of hydrogen-bond donors (Lipinski definition) is 0. The summed E-state index contributed by atoms with van der Waals surface area (Å²) in [6.07, 6.45) is 2.28. The van der Waals surface area contributed by atoms with Gasteiger partial charge in [0.05, 0.1) is 4.88 Å². The lowest BCUT2D eigenvalue weighted by molar-refractivity contribution is 0.0734. The van der Waals surface area contributed by atoms with E-state index in [2.05, 4.69) is 12.1 Å². The lowest BCUT2D eigenvalue weighted by atomic mass is 10.2. The highest BCUT2D eigenvalue weighted by atomic mass is 32.1. The molecule has 1 amide bonds. The Bertz CT molecular complexity index is 571.